The van der Waals surface area contributed by atoms with Crippen LogP contribution in [-0.4, -0.2) is 20.2 Å². The molecule has 0 bridgehead atoms. The molecule has 2 fully saturated rings. The van der Waals surface area contributed by atoms with Crippen LogP contribution in [0.5, 0.6) is 0 Å². The van der Waals surface area contributed by atoms with Crippen LogP contribution in [-0.2, 0) is 9.22 Å². The molecule has 0 amide bonds. The lowest BCUT2D eigenvalue weighted by atomic mass is 9.68. The number of carbonyl (C=O) groups excluding carboxylic acids is 1. The molecule has 0 radical (unpaired) electrons. The van der Waals surface area contributed by atoms with Crippen molar-refractivity contribution in [1.82, 2.24) is 0 Å². The highest BCUT2D eigenvalue weighted by Crippen LogP contribution is 2.51. The summed E-state index contributed by atoms with van der Waals surface area (Å²) in [4.78, 5) is 12.2. The first kappa shape index (κ1) is 15.2. The van der Waals surface area contributed by atoms with E-state index in [1.165, 1.54) is 31.0 Å². The summed E-state index contributed by atoms with van der Waals surface area (Å²) in [6.07, 6.45) is 5.68. The van der Waals surface area contributed by atoms with Gasteiger partial charge in [-0.25, -0.2) is 0 Å². The number of rotatable bonds is 5. The van der Waals surface area contributed by atoms with E-state index in [0.29, 0.717) is 17.8 Å². The normalized spacial score (nSPS) is 35.5. The van der Waals surface area contributed by atoms with Crippen LogP contribution in [0.4, 0.5) is 0 Å². The van der Waals surface area contributed by atoms with E-state index in [1.807, 2.05) is 0 Å². The first-order chi connectivity index (χ1) is 9.01. The SMILES string of the molecule is CC[Si](CC)(CC)O[C@H]1CCC[C@]2(C)C(=O)CC[C@@H]12. The van der Waals surface area contributed by atoms with Crippen LogP contribution in [0.2, 0.25) is 18.1 Å². The highest BCUT2D eigenvalue weighted by molar-refractivity contribution is 6.73. The number of ketones is 1. The lowest BCUT2D eigenvalue weighted by molar-refractivity contribution is -0.130. The van der Waals surface area contributed by atoms with Crippen molar-refractivity contribution in [1.29, 1.82) is 0 Å². The van der Waals surface area contributed by atoms with Gasteiger partial charge in [-0.15, -0.1) is 0 Å². The molecule has 2 aliphatic carbocycles. The predicted octanol–water partition coefficient (Wildman–Crippen LogP) is 4.55. The maximum absolute atomic E-state index is 12.2. The van der Waals surface area contributed by atoms with Gasteiger partial charge in [-0.3, -0.25) is 4.79 Å². The topological polar surface area (TPSA) is 26.3 Å². The van der Waals surface area contributed by atoms with Crippen LogP contribution in [0.3, 0.4) is 0 Å². The third-order valence-corrected chi connectivity index (χ3v) is 10.8. The Morgan fingerprint density at radius 1 is 1.21 bits per heavy atom. The van der Waals surface area contributed by atoms with Gasteiger partial charge in [0.25, 0.3) is 0 Å². The van der Waals surface area contributed by atoms with Gasteiger partial charge in [0.2, 0.25) is 0 Å². The summed E-state index contributed by atoms with van der Waals surface area (Å²) >= 11 is 0. The van der Waals surface area contributed by atoms with E-state index in [-0.39, 0.29) is 5.41 Å². The van der Waals surface area contributed by atoms with Crippen molar-refractivity contribution in [2.24, 2.45) is 11.3 Å². The van der Waals surface area contributed by atoms with E-state index in [1.54, 1.807) is 0 Å². The van der Waals surface area contributed by atoms with Crippen LogP contribution in [0.1, 0.15) is 59.8 Å². The Labute approximate surface area is 119 Å². The second-order valence-corrected chi connectivity index (χ2v) is 11.5. The molecular weight excluding hydrogens is 252 g/mol. The van der Waals surface area contributed by atoms with Crippen molar-refractivity contribution >= 4 is 14.1 Å². The maximum Gasteiger partial charge on any atom is 0.192 e. The Balaban J connectivity index is 2.14. The van der Waals surface area contributed by atoms with Crippen LogP contribution >= 0.6 is 0 Å². The van der Waals surface area contributed by atoms with Gasteiger partial charge in [0.05, 0.1) is 0 Å². The molecule has 2 aliphatic rings. The fourth-order valence-electron chi connectivity index (χ4n) is 4.35. The Hall–Kier alpha value is -0.153. The second kappa shape index (κ2) is 5.69. The van der Waals surface area contributed by atoms with Gasteiger partial charge in [-0.2, -0.15) is 0 Å². The summed E-state index contributed by atoms with van der Waals surface area (Å²) in [6.45, 7) is 9.08. The number of hydrogen-bond donors (Lipinski definition) is 0. The highest BCUT2D eigenvalue weighted by atomic mass is 28.4. The van der Waals surface area contributed by atoms with Gasteiger partial charge in [-0.05, 0) is 49.7 Å². The summed E-state index contributed by atoms with van der Waals surface area (Å²) < 4.78 is 6.74. The molecule has 0 unspecified atom stereocenters. The largest absolute Gasteiger partial charge is 0.414 e. The zero-order valence-electron chi connectivity index (χ0n) is 13.1. The van der Waals surface area contributed by atoms with Crippen molar-refractivity contribution < 1.29 is 9.22 Å². The van der Waals surface area contributed by atoms with Crippen molar-refractivity contribution in [3.8, 4) is 0 Å². The smallest absolute Gasteiger partial charge is 0.192 e. The molecule has 2 saturated carbocycles. The average molecular weight is 282 g/mol. The molecular formula is C16H30O2Si. The molecule has 0 aromatic carbocycles. The molecule has 2 nitrogen and oxygen atoms in total. The minimum absolute atomic E-state index is 0.0573. The molecule has 0 aromatic rings. The van der Waals surface area contributed by atoms with E-state index < -0.39 is 8.32 Å². The quantitative estimate of drug-likeness (QED) is 0.692. The van der Waals surface area contributed by atoms with Crippen molar-refractivity contribution in [3.63, 3.8) is 0 Å². The van der Waals surface area contributed by atoms with Gasteiger partial charge in [0.15, 0.2) is 8.32 Å². The van der Waals surface area contributed by atoms with E-state index in [4.69, 9.17) is 4.43 Å². The lowest BCUT2D eigenvalue weighted by Gasteiger charge is -2.44. The van der Waals surface area contributed by atoms with E-state index >= 15 is 0 Å². The molecule has 0 heterocycles. The first-order valence-electron chi connectivity index (χ1n) is 8.22. The van der Waals surface area contributed by atoms with Crippen molar-refractivity contribution in [3.05, 3.63) is 0 Å². The molecule has 3 heteroatoms. The number of hydrogen-bond acceptors (Lipinski definition) is 2. The summed E-state index contributed by atoms with van der Waals surface area (Å²) in [5.41, 5.74) is -0.0573. The van der Waals surface area contributed by atoms with Crippen molar-refractivity contribution in [2.45, 2.75) is 84.0 Å². The van der Waals surface area contributed by atoms with E-state index in [0.717, 1.165) is 19.3 Å². The highest BCUT2D eigenvalue weighted by Gasteiger charge is 2.52. The summed E-state index contributed by atoms with van der Waals surface area (Å²) in [5.74, 6) is 1.01. The molecule has 110 valence electrons. The van der Waals surface area contributed by atoms with Crippen LogP contribution in [0.25, 0.3) is 0 Å². The number of Topliss-reactive ketones (excluding diaryl/α,β-unsaturated/α-hetero) is 1. The third kappa shape index (κ3) is 2.56. The molecule has 3 atom stereocenters. The Morgan fingerprint density at radius 3 is 2.42 bits per heavy atom. The molecule has 0 aromatic heterocycles. The average Bonchev–Trinajstić information content (AvgIpc) is 2.73. The third-order valence-electron chi connectivity index (χ3n) is 6.11. The monoisotopic (exact) mass is 282 g/mol. The predicted molar refractivity (Wildman–Crippen MR) is 81.8 cm³/mol. The summed E-state index contributed by atoms with van der Waals surface area (Å²) in [6, 6.07) is 3.65. The molecule has 0 saturated heterocycles. The Morgan fingerprint density at radius 2 is 1.84 bits per heavy atom. The molecule has 2 rings (SSSR count). The summed E-state index contributed by atoms with van der Waals surface area (Å²) in [7, 11) is -1.53. The molecule has 0 N–H and O–H groups in total. The van der Waals surface area contributed by atoms with Gasteiger partial charge < -0.3 is 4.43 Å². The Kier molecular flexibility index (Phi) is 4.56. The van der Waals surface area contributed by atoms with Gasteiger partial charge >= 0.3 is 0 Å². The lowest BCUT2D eigenvalue weighted by Crippen LogP contribution is -2.48. The maximum atomic E-state index is 12.2. The van der Waals surface area contributed by atoms with E-state index in [9.17, 15) is 4.79 Å². The first-order valence-corrected chi connectivity index (χ1v) is 10.8. The van der Waals surface area contributed by atoms with Gasteiger partial charge in [0, 0.05) is 17.9 Å². The number of fused-ring (bicyclic) bond motifs is 1. The zero-order chi connectivity index (χ0) is 14.1. The van der Waals surface area contributed by atoms with Crippen molar-refractivity contribution in [2.75, 3.05) is 0 Å². The molecule has 0 aliphatic heterocycles. The molecule has 19 heavy (non-hydrogen) atoms. The fourth-order valence-corrected chi connectivity index (χ4v) is 7.28. The minimum atomic E-state index is -1.53. The minimum Gasteiger partial charge on any atom is -0.414 e. The number of carbonyl (C=O) groups is 1. The second-order valence-electron chi connectivity index (χ2n) is 6.78. The van der Waals surface area contributed by atoms with Crippen LogP contribution in [0.15, 0.2) is 0 Å². The van der Waals surface area contributed by atoms with Crippen LogP contribution in [0, 0.1) is 11.3 Å². The van der Waals surface area contributed by atoms with Gasteiger partial charge in [-0.1, -0.05) is 27.7 Å². The van der Waals surface area contributed by atoms with E-state index in [2.05, 4.69) is 27.7 Å². The summed E-state index contributed by atoms with van der Waals surface area (Å²) in [5, 5.41) is 0. The standard InChI is InChI=1S/C16H30O2Si/c1-5-19(6-2,7-3)18-14-9-8-12-16(4)13(14)10-11-15(16)17/h13-14H,5-12H2,1-4H3/t13-,14-,16-/m0/s1. The zero-order valence-corrected chi connectivity index (χ0v) is 14.1. The van der Waals surface area contributed by atoms with Gasteiger partial charge in [0.1, 0.15) is 5.78 Å². The Bertz CT molecular complexity index is 329. The molecule has 0 spiro atoms. The van der Waals surface area contributed by atoms with Crippen LogP contribution < -0.4 is 0 Å². The fraction of sp³-hybridized carbons (Fsp3) is 0.938.